The maximum Gasteiger partial charge on any atom is 0.268 e. The lowest BCUT2D eigenvalue weighted by Gasteiger charge is -2.23. The van der Waals surface area contributed by atoms with E-state index in [4.69, 9.17) is 0 Å². The molecular formula is C14H21BrN2O2. The third-order valence-corrected chi connectivity index (χ3v) is 3.84. The van der Waals surface area contributed by atoms with Crippen molar-refractivity contribution in [1.29, 1.82) is 0 Å². The SMILES string of the molecule is CCCC(C)(O)CNC(=O)c1cc(Br)cn1C1CC1. The maximum atomic E-state index is 12.2. The second-order valence-corrected chi connectivity index (χ2v) is 6.53. The van der Waals surface area contributed by atoms with Crippen LogP contribution < -0.4 is 5.32 Å². The molecule has 1 aromatic rings. The topological polar surface area (TPSA) is 54.3 Å². The Kier molecular flexibility index (Phi) is 4.36. The molecular weight excluding hydrogens is 308 g/mol. The molecule has 106 valence electrons. The highest BCUT2D eigenvalue weighted by Gasteiger charge is 2.28. The highest BCUT2D eigenvalue weighted by molar-refractivity contribution is 9.10. The van der Waals surface area contributed by atoms with Crippen molar-refractivity contribution in [3.63, 3.8) is 0 Å². The van der Waals surface area contributed by atoms with Gasteiger partial charge in [-0.25, -0.2) is 0 Å². The fraction of sp³-hybridized carbons (Fsp3) is 0.643. The van der Waals surface area contributed by atoms with E-state index in [0.29, 0.717) is 18.2 Å². The van der Waals surface area contributed by atoms with Gasteiger partial charge in [-0.2, -0.15) is 0 Å². The Labute approximate surface area is 122 Å². The predicted octanol–water partition coefficient (Wildman–Crippen LogP) is 2.87. The molecule has 2 N–H and O–H groups in total. The van der Waals surface area contributed by atoms with Crippen LogP contribution in [0.5, 0.6) is 0 Å². The number of nitrogens with zero attached hydrogens (tertiary/aromatic N) is 1. The monoisotopic (exact) mass is 328 g/mol. The van der Waals surface area contributed by atoms with Crippen LogP contribution in [0, 0.1) is 0 Å². The lowest BCUT2D eigenvalue weighted by atomic mass is 10.0. The van der Waals surface area contributed by atoms with Gasteiger partial charge in [0.25, 0.3) is 5.91 Å². The number of rotatable bonds is 6. The molecule has 0 saturated heterocycles. The van der Waals surface area contributed by atoms with Crippen molar-refractivity contribution in [3.8, 4) is 0 Å². The smallest absolute Gasteiger partial charge is 0.268 e. The van der Waals surface area contributed by atoms with Gasteiger partial charge in [-0.05, 0) is 48.2 Å². The Hall–Kier alpha value is -0.810. The largest absolute Gasteiger partial charge is 0.388 e. The van der Waals surface area contributed by atoms with Gasteiger partial charge in [0.1, 0.15) is 5.69 Å². The molecule has 1 aliphatic carbocycles. The molecule has 1 amide bonds. The molecule has 0 bridgehead atoms. The maximum absolute atomic E-state index is 12.2. The lowest BCUT2D eigenvalue weighted by Crippen LogP contribution is -2.41. The number of aliphatic hydroxyl groups is 1. The van der Waals surface area contributed by atoms with Crippen LogP contribution in [0.1, 0.15) is 56.1 Å². The highest BCUT2D eigenvalue weighted by Crippen LogP contribution is 2.37. The van der Waals surface area contributed by atoms with Crippen LogP contribution in [0.4, 0.5) is 0 Å². The number of nitrogens with one attached hydrogen (secondary N) is 1. The van der Waals surface area contributed by atoms with Crippen LogP contribution in [0.2, 0.25) is 0 Å². The molecule has 0 spiro atoms. The zero-order valence-electron chi connectivity index (χ0n) is 11.4. The van der Waals surface area contributed by atoms with E-state index in [1.54, 1.807) is 6.92 Å². The second-order valence-electron chi connectivity index (χ2n) is 5.61. The molecule has 1 fully saturated rings. The summed E-state index contributed by atoms with van der Waals surface area (Å²) < 4.78 is 2.94. The normalized spacial score (nSPS) is 18.1. The van der Waals surface area contributed by atoms with Crippen LogP contribution in [0.15, 0.2) is 16.7 Å². The first-order valence-electron chi connectivity index (χ1n) is 6.81. The van der Waals surface area contributed by atoms with Crippen molar-refractivity contribution >= 4 is 21.8 Å². The van der Waals surface area contributed by atoms with Gasteiger partial charge < -0.3 is 15.0 Å². The number of aromatic nitrogens is 1. The summed E-state index contributed by atoms with van der Waals surface area (Å²) in [6, 6.07) is 2.30. The van der Waals surface area contributed by atoms with E-state index < -0.39 is 5.60 Å². The first-order valence-corrected chi connectivity index (χ1v) is 7.60. The Morgan fingerprint density at radius 2 is 2.32 bits per heavy atom. The minimum atomic E-state index is -0.835. The molecule has 1 saturated carbocycles. The average molecular weight is 329 g/mol. The van der Waals surface area contributed by atoms with Crippen molar-refractivity contribution in [2.45, 2.75) is 51.2 Å². The molecule has 1 heterocycles. The Morgan fingerprint density at radius 3 is 2.89 bits per heavy atom. The van der Waals surface area contributed by atoms with Crippen LogP contribution in [-0.2, 0) is 0 Å². The molecule has 4 nitrogen and oxygen atoms in total. The molecule has 5 heteroatoms. The third kappa shape index (κ3) is 3.83. The van der Waals surface area contributed by atoms with Crippen molar-refractivity contribution in [2.75, 3.05) is 6.54 Å². The summed E-state index contributed by atoms with van der Waals surface area (Å²) in [6.07, 6.45) is 5.80. The van der Waals surface area contributed by atoms with Crippen LogP contribution >= 0.6 is 15.9 Å². The lowest BCUT2D eigenvalue weighted by molar-refractivity contribution is 0.0467. The molecule has 0 aromatic carbocycles. The Bertz CT molecular complexity index is 464. The minimum absolute atomic E-state index is 0.117. The second kappa shape index (κ2) is 5.67. The van der Waals surface area contributed by atoms with Gasteiger partial charge in [-0.3, -0.25) is 4.79 Å². The summed E-state index contributed by atoms with van der Waals surface area (Å²) in [5.41, 5.74) is -0.166. The molecule has 1 unspecified atom stereocenters. The van der Waals surface area contributed by atoms with Gasteiger partial charge in [0.05, 0.1) is 5.60 Å². The quantitative estimate of drug-likeness (QED) is 0.843. The number of amides is 1. The van der Waals surface area contributed by atoms with Crippen molar-refractivity contribution in [3.05, 3.63) is 22.4 Å². The first kappa shape index (κ1) is 14.6. The van der Waals surface area contributed by atoms with E-state index in [2.05, 4.69) is 21.2 Å². The summed E-state index contributed by atoms with van der Waals surface area (Å²) in [4.78, 5) is 12.2. The molecule has 1 aromatic heterocycles. The van der Waals surface area contributed by atoms with Crippen LogP contribution in [0.3, 0.4) is 0 Å². The molecule has 2 rings (SSSR count). The van der Waals surface area contributed by atoms with E-state index in [0.717, 1.165) is 23.7 Å². The van der Waals surface area contributed by atoms with Gasteiger partial charge in [-0.1, -0.05) is 13.3 Å². The zero-order chi connectivity index (χ0) is 14.0. The number of carbonyl (C=O) groups excluding carboxylic acids is 1. The zero-order valence-corrected chi connectivity index (χ0v) is 13.0. The van der Waals surface area contributed by atoms with Gasteiger partial charge >= 0.3 is 0 Å². The minimum Gasteiger partial charge on any atom is -0.388 e. The van der Waals surface area contributed by atoms with E-state index in [9.17, 15) is 9.90 Å². The fourth-order valence-corrected chi connectivity index (χ4v) is 2.71. The summed E-state index contributed by atoms with van der Waals surface area (Å²) >= 11 is 3.41. The average Bonchev–Trinajstić information content (AvgIpc) is 3.09. The van der Waals surface area contributed by atoms with Gasteiger partial charge in [0.2, 0.25) is 0 Å². The van der Waals surface area contributed by atoms with E-state index in [1.165, 1.54) is 0 Å². The predicted molar refractivity (Wildman–Crippen MR) is 78.3 cm³/mol. The Balaban J connectivity index is 2.00. The van der Waals surface area contributed by atoms with Crippen molar-refractivity contribution < 1.29 is 9.90 Å². The van der Waals surface area contributed by atoms with Crippen LogP contribution in [0.25, 0.3) is 0 Å². The highest BCUT2D eigenvalue weighted by atomic mass is 79.9. The van der Waals surface area contributed by atoms with E-state index >= 15 is 0 Å². The van der Waals surface area contributed by atoms with Gasteiger partial charge in [0.15, 0.2) is 0 Å². The molecule has 0 aliphatic heterocycles. The summed E-state index contributed by atoms with van der Waals surface area (Å²) in [7, 11) is 0. The third-order valence-electron chi connectivity index (χ3n) is 3.41. The first-order chi connectivity index (χ1) is 8.93. The number of halogens is 1. The molecule has 1 aliphatic rings. The van der Waals surface area contributed by atoms with Gasteiger partial charge in [0, 0.05) is 23.3 Å². The van der Waals surface area contributed by atoms with Crippen LogP contribution in [-0.4, -0.2) is 27.7 Å². The summed E-state index contributed by atoms with van der Waals surface area (Å²) in [5.74, 6) is -0.117. The fourth-order valence-electron chi connectivity index (χ4n) is 2.27. The van der Waals surface area contributed by atoms with Crippen molar-refractivity contribution in [2.24, 2.45) is 0 Å². The number of hydrogen-bond donors (Lipinski definition) is 2. The standard InChI is InChI=1S/C14H21BrN2O2/c1-3-6-14(2,19)9-16-13(18)12-7-10(15)8-17(12)11-4-5-11/h7-8,11,19H,3-6,9H2,1-2H3,(H,16,18). The summed E-state index contributed by atoms with van der Waals surface area (Å²) in [5, 5.41) is 12.9. The summed E-state index contributed by atoms with van der Waals surface area (Å²) in [6.45, 7) is 4.06. The van der Waals surface area contributed by atoms with Gasteiger partial charge in [-0.15, -0.1) is 0 Å². The van der Waals surface area contributed by atoms with Crippen molar-refractivity contribution in [1.82, 2.24) is 9.88 Å². The van der Waals surface area contributed by atoms with E-state index in [1.807, 2.05) is 23.8 Å². The Morgan fingerprint density at radius 1 is 1.63 bits per heavy atom. The molecule has 19 heavy (non-hydrogen) atoms. The molecule has 0 radical (unpaired) electrons. The molecule has 1 atom stereocenters. The number of carbonyl (C=O) groups is 1. The van der Waals surface area contributed by atoms with E-state index in [-0.39, 0.29) is 12.5 Å². The number of hydrogen-bond acceptors (Lipinski definition) is 2.